The van der Waals surface area contributed by atoms with Crippen molar-refractivity contribution in [3.05, 3.63) is 54.1 Å². The van der Waals surface area contributed by atoms with E-state index in [0.717, 1.165) is 12.1 Å². The van der Waals surface area contributed by atoms with Crippen molar-refractivity contribution in [2.75, 3.05) is 0 Å². The Morgan fingerprint density at radius 1 is 1.05 bits per heavy atom. The highest BCUT2D eigenvalue weighted by Crippen LogP contribution is 2.20. The molecule has 1 aromatic heterocycles. The summed E-state index contributed by atoms with van der Waals surface area (Å²) in [4.78, 5) is 3.78. The van der Waals surface area contributed by atoms with E-state index in [-0.39, 0.29) is 6.61 Å². The molecule has 1 heterocycles. The fourth-order valence-electron chi connectivity index (χ4n) is 1.54. The predicted octanol–water partition coefficient (Wildman–Crippen LogP) is 2.85. The molecular weight excluding hydrogens is 261 g/mol. The summed E-state index contributed by atoms with van der Waals surface area (Å²) in [6.07, 6.45) is 3.00. The van der Waals surface area contributed by atoms with E-state index in [4.69, 9.17) is 4.74 Å². The molecule has 2 aromatic rings. The molecule has 0 unspecified atom stereocenters. The second-order valence-corrected chi connectivity index (χ2v) is 3.90. The van der Waals surface area contributed by atoms with Gasteiger partial charge in [0.1, 0.15) is 12.4 Å². The summed E-state index contributed by atoms with van der Waals surface area (Å²) in [6, 6.07) is 5.42. The second-order valence-electron chi connectivity index (χ2n) is 3.90. The van der Waals surface area contributed by atoms with Crippen LogP contribution in [-0.2, 0) is 6.61 Å². The third-order valence-electron chi connectivity index (χ3n) is 2.47. The highest BCUT2D eigenvalue weighted by molar-refractivity contribution is 6.74. The van der Waals surface area contributed by atoms with Gasteiger partial charge < -0.3 is 17.7 Å². The van der Waals surface area contributed by atoms with Gasteiger partial charge in [0.15, 0.2) is 0 Å². The van der Waals surface area contributed by atoms with Crippen LogP contribution in [0.15, 0.2) is 42.7 Å². The maximum atomic E-state index is 13.0. The van der Waals surface area contributed by atoms with Crippen molar-refractivity contribution in [3.63, 3.8) is 0 Å². The van der Waals surface area contributed by atoms with Crippen molar-refractivity contribution >= 4 is 12.4 Å². The first-order chi connectivity index (χ1) is 8.97. The van der Waals surface area contributed by atoms with E-state index >= 15 is 0 Å². The van der Waals surface area contributed by atoms with Crippen LogP contribution in [0.4, 0.5) is 17.3 Å². The third-order valence-corrected chi connectivity index (χ3v) is 2.47. The molecular formula is C12H9BF4NO-. The fourth-order valence-corrected chi connectivity index (χ4v) is 1.54. The monoisotopic (exact) mass is 270 g/mol. The van der Waals surface area contributed by atoms with Gasteiger partial charge in [0.25, 0.3) is 0 Å². The van der Waals surface area contributed by atoms with Gasteiger partial charge in [0, 0.05) is 18.5 Å². The zero-order chi connectivity index (χ0) is 13.9. The topological polar surface area (TPSA) is 22.1 Å². The van der Waals surface area contributed by atoms with Crippen LogP contribution in [0.3, 0.4) is 0 Å². The number of rotatable bonds is 4. The molecule has 0 aliphatic rings. The van der Waals surface area contributed by atoms with Crippen molar-refractivity contribution in [1.82, 2.24) is 4.98 Å². The molecule has 0 radical (unpaired) electrons. The van der Waals surface area contributed by atoms with E-state index in [0.29, 0.717) is 11.6 Å². The summed E-state index contributed by atoms with van der Waals surface area (Å²) in [7, 11) is 0. The Balaban J connectivity index is 2.22. The van der Waals surface area contributed by atoms with Crippen LogP contribution in [0, 0.1) is 5.82 Å². The summed E-state index contributed by atoms with van der Waals surface area (Å²) in [5.41, 5.74) is -0.282. The number of pyridine rings is 1. The van der Waals surface area contributed by atoms with Crippen molar-refractivity contribution in [2.24, 2.45) is 0 Å². The number of nitrogens with zero attached hydrogens (tertiary/aromatic N) is 1. The van der Waals surface area contributed by atoms with Gasteiger partial charge in [-0.25, -0.2) is 4.39 Å². The minimum Gasteiger partial charge on any atom is -0.492 e. The standard InChI is InChI=1S/C12H9BF4NO/c14-10-1-2-11(13(15,16)17)12(7-10)19-8-9-3-5-18-6-4-9/h1-7H,8H2/q-1. The lowest BCUT2D eigenvalue weighted by Crippen LogP contribution is -2.35. The Morgan fingerprint density at radius 3 is 2.37 bits per heavy atom. The first-order valence-electron chi connectivity index (χ1n) is 5.48. The van der Waals surface area contributed by atoms with Crippen LogP contribution in [0.1, 0.15) is 5.56 Å². The first kappa shape index (κ1) is 13.4. The molecule has 1 aromatic carbocycles. The largest absolute Gasteiger partial charge is 0.513 e. The van der Waals surface area contributed by atoms with Crippen LogP contribution in [-0.4, -0.2) is 12.0 Å². The minimum absolute atomic E-state index is 0.0782. The van der Waals surface area contributed by atoms with E-state index < -0.39 is 24.0 Å². The molecule has 2 nitrogen and oxygen atoms in total. The molecule has 2 rings (SSSR count). The maximum absolute atomic E-state index is 13.0. The predicted molar refractivity (Wildman–Crippen MR) is 63.7 cm³/mol. The lowest BCUT2D eigenvalue weighted by molar-refractivity contribution is 0.305. The van der Waals surface area contributed by atoms with Gasteiger partial charge in [0.05, 0.1) is 5.75 Å². The number of hydrogen-bond donors (Lipinski definition) is 0. The quantitative estimate of drug-likeness (QED) is 0.629. The number of aromatic nitrogens is 1. The summed E-state index contributed by atoms with van der Waals surface area (Å²) in [5.74, 6) is -1.27. The molecule has 0 N–H and O–H groups in total. The van der Waals surface area contributed by atoms with Gasteiger partial charge in [-0.2, -0.15) is 0 Å². The zero-order valence-corrected chi connectivity index (χ0v) is 9.69. The average molecular weight is 270 g/mol. The number of hydrogen-bond acceptors (Lipinski definition) is 2. The Labute approximate surface area is 107 Å². The molecule has 0 atom stereocenters. The van der Waals surface area contributed by atoms with Crippen molar-refractivity contribution in [3.8, 4) is 5.75 Å². The average Bonchev–Trinajstić information content (AvgIpc) is 2.36. The maximum Gasteiger partial charge on any atom is 0.513 e. The van der Waals surface area contributed by atoms with Crippen LogP contribution < -0.4 is 10.2 Å². The van der Waals surface area contributed by atoms with Gasteiger partial charge in [-0.15, -0.1) is 0 Å². The number of benzene rings is 1. The van der Waals surface area contributed by atoms with Gasteiger partial charge in [0.2, 0.25) is 0 Å². The van der Waals surface area contributed by atoms with Crippen LogP contribution in [0.5, 0.6) is 5.75 Å². The molecule has 7 heteroatoms. The second kappa shape index (κ2) is 5.30. The Kier molecular flexibility index (Phi) is 3.73. The van der Waals surface area contributed by atoms with Crippen molar-refractivity contribution < 1.29 is 22.1 Å². The van der Waals surface area contributed by atoms with E-state index in [1.165, 1.54) is 12.4 Å². The number of ether oxygens (including phenoxy) is 1. The Morgan fingerprint density at radius 2 is 1.74 bits per heavy atom. The van der Waals surface area contributed by atoms with E-state index in [1.54, 1.807) is 12.1 Å². The molecule has 0 aliphatic heterocycles. The molecule has 0 saturated carbocycles. The van der Waals surface area contributed by atoms with Crippen LogP contribution in [0.25, 0.3) is 0 Å². The molecule has 0 spiro atoms. The third kappa shape index (κ3) is 3.46. The highest BCUT2D eigenvalue weighted by atomic mass is 19.4. The van der Waals surface area contributed by atoms with Gasteiger partial charge in [-0.1, -0.05) is 11.5 Å². The highest BCUT2D eigenvalue weighted by Gasteiger charge is 2.29. The van der Waals surface area contributed by atoms with Gasteiger partial charge in [-0.05, 0) is 23.8 Å². The molecule has 0 saturated heterocycles. The Hall–Kier alpha value is -2.05. The van der Waals surface area contributed by atoms with Gasteiger partial charge >= 0.3 is 6.98 Å². The molecule has 0 fully saturated rings. The van der Waals surface area contributed by atoms with E-state index in [2.05, 4.69) is 4.98 Å². The summed E-state index contributed by atoms with van der Waals surface area (Å²) >= 11 is 0. The molecule has 0 bridgehead atoms. The van der Waals surface area contributed by atoms with Crippen LogP contribution >= 0.6 is 0 Å². The minimum atomic E-state index is -5.24. The lowest BCUT2D eigenvalue weighted by atomic mass is 9.79. The number of halogens is 4. The summed E-state index contributed by atoms with van der Waals surface area (Å²) < 4.78 is 56.3. The van der Waals surface area contributed by atoms with Gasteiger partial charge in [-0.3, -0.25) is 4.98 Å². The van der Waals surface area contributed by atoms with Crippen LogP contribution in [0.2, 0.25) is 0 Å². The molecule has 0 amide bonds. The molecule has 0 aliphatic carbocycles. The molecule has 19 heavy (non-hydrogen) atoms. The zero-order valence-electron chi connectivity index (χ0n) is 9.69. The smallest absolute Gasteiger partial charge is 0.492 e. The Bertz CT molecular complexity index is 559. The van der Waals surface area contributed by atoms with E-state index in [1.807, 2.05) is 0 Å². The lowest BCUT2D eigenvalue weighted by Gasteiger charge is -2.19. The van der Waals surface area contributed by atoms with E-state index in [9.17, 15) is 17.3 Å². The normalized spacial score (nSPS) is 11.4. The fraction of sp³-hybridized carbons (Fsp3) is 0.0833. The van der Waals surface area contributed by atoms with Crippen molar-refractivity contribution in [1.29, 1.82) is 0 Å². The SMILES string of the molecule is Fc1ccc([B-](F)(F)F)c(OCc2ccncc2)c1. The molecule has 100 valence electrons. The summed E-state index contributed by atoms with van der Waals surface area (Å²) in [5, 5.41) is 0. The summed E-state index contributed by atoms with van der Waals surface area (Å²) in [6.45, 7) is -5.32. The van der Waals surface area contributed by atoms with Crippen molar-refractivity contribution in [2.45, 2.75) is 6.61 Å². The first-order valence-corrected chi connectivity index (χ1v) is 5.48.